The topological polar surface area (TPSA) is 53.9 Å². The summed E-state index contributed by atoms with van der Waals surface area (Å²) in [4.78, 5) is 15.3. The third kappa shape index (κ3) is 4.33. The molecule has 0 fully saturated rings. The molecule has 0 saturated heterocycles. The predicted octanol–water partition coefficient (Wildman–Crippen LogP) is 5.03. The minimum atomic E-state index is -4.50. The molecule has 4 rings (SSSR count). The van der Waals surface area contributed by atoms with Gasteiger partial charge in [0.05, 0.1) is 16.3 Å². The molecule has 0 radical (unpaired) electrons. The van der Waals surface area contributed by atoms with Crippen molar-refractivity contribution in [2.24, 2.45) is 0 Å². The summed E-state index contributed by atoms with van der Waals surface area (Å²) < 4.78 is 39.3. The monoisotopic (exact) mass is 433 g/mol. The molecule has 3 aromatic rings. The van der Waals surface area contributed by atoms with E-state index < -0.39 is 11.7 Å². The number of alkyl halides is 3. The number of hydrogen-bond donors (Lipinski definition) is 1. The summed E-state index contributed by atoms with van der Waals surface area (Å²) in [7, 11) is 0. The van der Waals surface area contributed by atoms with Crippen LogP contribution in [0.1, 0.15) is 27.9 Å². The average molecular weight is 434 g/mol. The molecule has 30 heavy (non-hydrogen) atoms. The second-order valence-corrected chi connectivity index (χ2v) is 7.59. The molecular weight excluding hydrogens is 415 g/mol. The summed E-state index contributed by atoms with van der Waals surface area (Å²) in [6, 6.07) is 7.88. The Kier molecular flexibility index (Phi) is 5.51. The number of hydrogen-bond acceptors (Lipinski definition) is 5. The van der Waals surface area contributed by atoms with E-state index in [-0.39, 0.29) is 11.6 Å². The number of benzene rings is 1. The fourth-order valence-corrected chi connectivity index (χ4v) is 3.65. The van der Waals surface area contributed by atoms with E-state index in [9.17, 15) is 13.2 Å². The highest BCUT2D eigenvalue weighted by Crippen LogP contribution is 2.35. The molecule has 1 aromatic carbocycles. The molecule has 9 heteroatoms. The molecule has 0 amide bonds. The van der Waals surface area contributed by atoms with Crippen LogP contribution < -0.4 is 10.2 Å². The molecule has 1 aliphatic rings. The zero-order valence-electron chi connectivity index (χ0n) is 16.2. The lowest BCUT2D eigenvalue weighted by molar-refractivity contribution is -0.137. The summed E-state index contributed by atoms with van der Waals surface area (Å²) in [6.07, 6.45) is -0.460. The Hall–Kier alpha value is -2.87. The fraction of sp³-hybridized carbons (Fsp3) is 0.286. The number of pyridine rings is 1. The minimum absolute atomic E-state index is 0.187. The van der Waals surface area contributed by atoms with Crippen LogP contribution >= 0.6 is 11.6 Å². The molecule has 5 nitrogen and oxygen atoms in total. The lowest BCUT2D eigenvalue weighted by atomic mass is 10.1. The summed E-state index contributed by atoms with van der Waals surface area (Å²) in [5.74, 6) is 1.48. The maximum absolute atomic E-state index is 13.1. The van der Waals surface area contributed by atoms with Gasteiger partial charge in [0.15, 0.2) is 0 Å². The highest BCUT2D eigenvalue weighted by molar-refractivity contribution is 6.31. The van der Waals surface area contributed by atoms with Crippen molar-refractivity contribution in [3.63, 3.8) is 0 Å². The molecular formula is C21H19ClF3N5. The Labute approximate surface area is 176 Å². The van der Waals surface area contributed by atoms with Crippen molar-refractivity contribution >= 4 is 23.2 Å². The smallest absolute Gasteiger partial charge is 0.366 e. The Morgan fingerprint density at radius 3 is 2.70 bits per heavy atom. The number of nitrogens with zero attached hydrogens (tertiary/aromatic N) is 4. The third-order valence-electron chi connectivity index (χ3n) is 5.02. The van der Waals surface area contributed by atoms with Gasteiger partial charge in [0, 0.05) is 37.8 Å². The number of fused-ring (bicyclic) bond motifs is 1. The van der Waals surface area contributed by atoms with Gasteiger partial charge in [-0.05, 0) is 36.2 Å². The SMILES string of the molecule is Cc1ccc(N2CCc3ncnc(NCc4ccc(Cl)c(C(F)(F)F)c4)c3C2)nc1. The summed E-state index contributed by atoms with van der Waals surface area (Å²) in [5.41, 5.74) is 2.57. The van der Waals surface area contributed by atoms with Crippen LogP contribution in [0.4, 0.5) is 24.8 Å². The van der Waals surface area contributed by atoms with Crippen molar-refractivity contribution in [3.05, 3.63) is 75.8 Å². The molecule has 2 aromatic heterocycles. The van der Waals surface area contributed by atoms with E-state index in [0.717, 1.165) is 41.7 Å². The zero-order valence-corrected chi connectivity index (χ0v) is 16.9. The van der Waals surface area contributed by atoms with Crippen LogP contribution in [-0.4, -0.2) is 21.5 Å². The molecule has 0 unspecified atom stereocenters. The molecule has 0 saturated carbocycles. The molecule has 1 N–H and O–H groups in total. The van der Waals surface area contributed by atoms with Crippen molar-refractivity contribution in [1.82, 2.24) is 15.0 Å². The number of aryl methyl sites for hydroxylation is 1. The van der Waals surface area contributed by atoms with Crippen molar-refractivity contribution in [1.29, 1.82) is 0 Å². The number of anilines is 2. The normalized spacial score (nSPS) is 13.8. The van der Waals surface area contributed by atoms with Crippen molar-refractivity contribution < 1.29 is 13.2 Å². The van der Waals surface area contributed by atoms with E-state index in [2.05, 4.69) is 25.2 Å². The predicted molar refractivity (Wildman–Crippen MR) is 110 cm³/mol. The van der Waals surface area contributed by atoms with Gasteiger partial charge < -0.3 is 10.2 Å². The largest absolute Gasteiger partial charge is 0.417 e. The van der Waals surface area contributed by atoms with Crippen LogP contribution in [0.2, 0.25) is 5.02 Å². The first-order valence-electron chi connectivity index (χ1n) is 9.41. The summed E-state index contributed by atoms with van der Waals surface area (Å²) in [5, 5.41) is 2.85. The van der Waals surface area contributed by atoms with Crippen LogP contribution in [0.5, 0.6) is 0 Å². The molecule has 0 aliphatic carbocycles. The van der Waals surface area contributed by atoms with Crippen molar-refractivity contribution in [2.75, 3.05) is 16.8 Å². The molecule has 1 aliphatic heterocycles. The van der Waals surface area contributed by atoms with Gasteiger partial charge in [-0.3, -0.25) is 0 Å². The van der Waals surface area contributed by atoms with E-state index >= 15 is 0 Å². The number of rotatable bonds is 4. The number of aromatic nitrogens is 3. The zero-order chi connectivity index (χ0) is 21.3. The van der Waals surface area contributed by atoms with Crippen molar-refractivity contribution in [2.45, 2.75) is 32.6 Å². The second-order valence-electron chi connectivity index (χ2n) is 7.18. The van der Waals surface area contributed by atoms with Gasteiger partial charge >= 0.3 is 6.18 Å². The molecule has 0 spiro atoms. The minimum Gasteiger partial charge on any atom is -0.366 e. The van der Waals surface area contributed by atoms with E-state index in [1.807, 2.05) is 25.3 Å². The number of halogens is 4. The first-order valence-corrected chi connectivity index (χ1v) is 9.79. The van der Waals surface area contributed by atoms with E-state index in [1.54, 1.807) is 6.07 Å². The van der Waals surface area contributed by atoms with E-state index in [4.69, 9.17) is 11.6 Å². The molecule has 0 atom stereocenters. The Morgan fingerprint density at radius 1 is 1.13 bits per heavy atom. The quantitative estimate of drug-likeness (QED) is 0.625. The van der Waals surface area contributed by atoms with Crippen LogP contribution in [0.15, 0.2) is 42.9 Å². The Morgan fingerprint density at radius 2 is 1.97 bits per heavy atom. The van der Waals surface area contributed by atoms with Gasteiger partial charge in [-0.2, -0.15) is 13.2 Å². The highest BCUT2D eigenvalue weighted by atomic mass is 35.5. The standard InChI is InChI=1S/C21H19ClF3N5/c1-13-2-5-19(26-9-13)30-7-6-18-15(11-30)20(29-12-28-18)27-10-14-3-4-17(22)16(8-14)21(23,24)25/h2-5,8-9,12H,6-7,10-11H2,1H3,(H,27,28,29). The van der Waals surface area contributed by atoms with Crippen LogP contribution in [0, 0.1) is 6.92 Å². The fourth-order valence-electron chi connectivity index (χ4n) is 3.42. The van der Waals surface area contributed by atoms with Crippen LogP contribution in [0.25, 0.3) is 0 Å². The Bertz CT molecular complexity index is 1050. The van der Waals surface area contributed by atoms with Gasteiger partial charge in [-0.25, -0.2) is 15.0 Å². The van der Waals surface area contributed by atoms with Gasteiger partial charge in [-0.1, -0.05) is 23.7 Å². The third-order valence-corrected chi connectivity index (χ3v) is 5.35. The van der Waals surface area contributed by atoms with Gasteiger partial charge in [-0.15, -0.1) is 0 Å². The Balaban J connectivity index is 1.54. The van der Waals surface area contributed by atoms with E-state index in [1.165, 1.54) is 12.4 Å². The first kappa shape index (κ1) is 20.4. The average Bonchev–Trinajstić information content (AvgIpc) is 2.72. The summed E-state index contributed by atoms with van der Waals surface area (Å²) >= 11 is 5.70. The molecule has 156 valence electrons. The van der Waals surface area contributed by atoms with Gasteiger partial charge in [0.25, 0.3) is 0 Å². The second kappa shape index (κ2) is 8.10. The van der Waals surface area contributed by atoms with Gasteiger partial charge in [0.1, 0.15) is 18.0 Å². The van der Waals surface area contributed by atoms with Gasteiger partial charge in [0.2, 0.25) is 0 Å². The number of nitrogens with one attached hydrogen (secondary N) is 1. The molecule has 3 heterocycles. The first-order chi connectivity index (χ1) is 14.3. The lowest BCUT2D eigenvalue weighted by Gasteiger charge is -2.30. The highest BCUT2D eigenvalue weighted by Gasteiger charge is 2.33. The van der Waals surface area contributed by atoms with Crippen LogP contribution in [-0.2, 0) is 25.7 Å². The van der Waals surface area contributed by atoms with Crippen LogP contribution in [0.3, 0.4) is 0 Å². The van der Waals surface area contributed by atoms with Crippen molar-refractivity contribution in [3.8, 4) is 0 Å². The summed E-state index contributed by atoms with van der Waals surface area (Å²) in [6.45, 7) is 3.53. The molecule has 0 bridgehead atoms. The maximum atomic E-state index is 13.1. The maximum Gasteiger partial charge on any atom is 0.417 e. The lowest BCUT2D eigenvalue weighted by Crippen LogP contribution is -2.32. The van der Waals surface area contributed by atoms with E-state index in [0.29, 0.717) is 17.9 Å².